The van der Waals surface area contributed by atoms with Crippen molar-refractivity contribution in [2.24, 2.45) is 0 Å². The topological polar surface area (TPSA) is 35.5 Å². The van der Waals surface area contributed by atoms with Gasteiger partial charge in [-0.3, -0.25) is 0 Å². The van der Waals surface area contributed by atoms with E-state index < -0.39 is 6.29 Å². The molecule has 1 atom stereocenters. The molecule has 1 unspecified atom stereocenters. The molecule has 2 rings (SSSR count). The van der Waals surface area contributed by atoms with Crippen molar-refractivity contribution in [2.75, 3.05) is 6.61 Å². The largest absolute Gasteiger partial charge is 0.434 e. The summed E-state index contributed by atoms with van der Waals surface area (Å²) in [5.74, 6) is -0.277. The Morgan fingerprint density at radius 3 is 2.69 bits per heavy atom. The van der Waals surface area contributed by atoms with Crippen LogP contribution in [0.4, 0.5) is 0 Å². The maximum atomic E-state index is 10.7. The summed E-state index contributed by atoms with van der Waals surface area (Å²) >= 11 is 0. The Labute approximate surface area is 76.3 Å². The minimum absolute atomic E-state index is 0.0809. The molecule has 1 saturated heterocycles. The van der Waals surface area contributed by atoms with Gasteiger partial charge in [-0.25, -0.2) is 4.79 Å². The minimum Gasteiger partial charge on any atom is -0.434 e. The summed E-state index contributed by atoms with van der Waals surface area (Å²) in [5.41, 5.74) is 1.11. The highest BCUT2D eigenvalue weighted by Crippen LogP contribution is 2.11. The lowest BCUT2D eigenvalue weighted by Crippen LogP contribution is -2.11. The Bertz CT molecular complexity index is 294. The first-order valence-corrected chi connectivity index (χ1v) is 4.19. The molecule has 0 aliphatic carbocycles. The first-order valence-electron chi connectivity index (χ1n) is 4.19. The molecule has 0 spiro atoms. The lowest BCUT2D eigenvalue weighted by atomic mass is 10.1. The highest BCUT2D eigenvalue weighted by atomic mass is 16.7. The zero-order chi connectivity index (χ0) is 9.10. The van der Waals surface area contributed by atoms with E-state index in [0.29, 0.717) is 6.42 Å². The zero-order valence-corrected chi connectivity index (χ0v) is 7.10. The fourth-order valence-corrected chi connectivity index (χ4v) is 1.28. The van der Waals surface area contributed by atoms with E-state index in [1.165, 1.54) is 0 Å². The standard InChI is InChI=1S/C10H10O3/c11-9-7-12-10(13-9)6-8-4-2-1-3-5-8/h1-5,10H,6-7H2. The van der Waals surface area contributed by atoms with Crippen molar-refractivity contribution in [1.82, 2.24) is 0 Å². The molecule has 0 bridgehead atoms. The van der Waals surface area contributed by atoms with Crippen LogP contribution in [-0.4, -0.2) is 18.9 Å². The molecule has 1 aromatic carbocycles. The summed E-state index contributed by atoms with van der Waals surface area (Å²) in [6, 6.07) is 9.81. The normalized spacial score (nSPS) is 21.5. The summed E-state index contributed by atoms with van der Waals surface area (Å²) in [6.45, 7) is 0.0809. The molecule has 3 heteroatoms. The third kappa shape index (κ3) is 2.06. The minimum atomic E-state index is -0.394. The van der Waals surface area contributed by atoms with Crippen molar-refractivity contribution >= 4 is 5.97 Å². The summed E-state index contributed by atoms with van der Waals surface area (Å²) in [7, 11) is 0. The SMILES string of the molecule is O=C1COC(Cc2ccccc2)O1. The molecule has 0 amide bonds. The molecule has 0 aromatic heterocycles. The average molecular weight is 178 g/mol. The van der Waals surface area contributed by atoms with Crippen LogP contribution >= 0.6 is 0 Å². The van der Waals surface area contributed by atoms with Gasteiger partial charge in [0.05, 0.1) is 0 Å². The number of esters is 1. The molecule has 0 N–H and O–H groups in total. The first kappa shape index (κ1) is 8.26. The number of ether oxygens (including phenoxy) is 2. The van der Waals surface area contributed by atoms with Crippen LogP contribution in [0.15, 0.2) is 30.3 Å². The number of hydrogen-bond acceptors (Lipinski definition) is 3. The van der Waals surface area contributed by atoms with Gasteiger partial charge in [0.25, 0.3) is 0 Å². The monoisotopic (exact) mass is 178 g/mol. The Hall–Kier alpha value is -1.35. The summed E-state index contributed by atoms with van der Waals surface area (Å²) < 4.78 is 10.0. The van der Waals surface area contributed by atoms with Crippen molar-refractivity contribution < 1.29 is 14.3 Å². The van der Waals surface area contributed by atoms with Crippen LogP contribution in [-0.2, 0) is 20.7 Å². The molecule has 1 aliphatic rings. The molecular formula is C10H10O3. The lowest BCUT2D eigenvalue weighted by molar-refractivity contribution is -0.142. The fraction of sp³-hybridized carbons (Fsp3) is 0.300. The molecule has 1 aliphatic heterocycles. The third-order valence-electron chi connectivity index (χ3n) is 1.90. The number of carbonyl (C=O) groups is 1. The average Bonchev–Trinajstić information content (AvgIpc) is 2.53. The van der Waals surface area contributed by atoms with E-state index in [9.17, 15) is 4.79 Å². The molecule has 1 fully saturated rings. The van der Waals surface area contributed by atoms with Crippen LogP contribution in [0.5, 0.6) is 0 Å². The van der Waals surface area contributed by atoms with Gasteiger partial charge in [-0.05, 0) is 5.56 Å². The summed E-state index contributed by atoms with van der Waals surface area (Å²) in [5, 5.41) is 0. The second-order valence-corrected chi connectivity index (χ2v) is 2.92. The summed E-state index contributed by atoms with van der Waals surface area (Å²) in [6.07, 6.45) is 0.238. The molecule has 13 heavy (non-hydrogen) atoms. The maximum absolute atomic E-state index is 10.7. The lowest BCUT2D eigenvalue weighted by Gasteiger charge is -2.07. The number of carbonyl (C=O) groups excluding carboxylic acids is 1. The van der Waals surface area contributed by atoms with Crippen molar-refractivity contribution in [2.45, 2.75) is 12.7 Å². The van der Waals surface area contributed by atoms with Crippen LogP contribution in [0.25, 0.3) is 0 Å². The second-order valence-electron chi connectivity index (χ2n) is 2.92. The first-order chi connectivity index (χ1) is 6.34. The molecule has 0 saturated carbocycles. The van der Waals surface area contributed by atoms with E-state index in [2.05, 4.69) is 0 Å². The van der Waals surface area contributed by atoms with Gasteiger partial charge in [-0.1, -0.05) is 30.3 Å². The number of hydrogen-bond donors (Lipinski definition) is 0. The van der Waals surface area contributed by atoms with Gasteiger partial charge in [0.15, 0.2) is 0 Å². The van der Waals surface area contributed by atoms with E-state index >= 15 is 0 Å². The van der Waals surface area contributed by atoms with Gasteiger partial charge in [0.1, 0.15) is 6.61 Å². The fourth-order valence-electron chi connectivity index (χ4n) is 1.28. The molecule has 0 radical (unpaired) electrons. The highest BCUT2D eigenvalue weighted by molar-refractivity contribution is 5.72. The van der Waals surface area contributed by atoms with Crippen LogP contribution in [0.3, 0.4) is 0 Å². The maximum Gasteiger partial charge on any atom is 0.334 e. The van der Waals surface area contributed by atoms with Gasteiger partial charge in [-0.15, -0.1) is 0 Å². The zero-order valence-electron chi connectivity index (χ0n) is 7.10. The second kappa shape index (κ2) is 3.58. The Kier molecular flexibility index (Phi) is 2.27. The summed E-state index contributed by atoms with van der Waals surface area (Å²) in [4.78, 5) is 10.7. The van der Waals surface area contributed by atoms with Crippen LogP contribution in [0.1, 0.15) is 5.56 Å². The quantitative estimate of drug-likeness (QED) is 0.637. The van der Waals surface area contributed by atoms with Crippen molar-refractivity contribution in [3.05, 3.63) is 35.9 Å². The van der Waals surface area contributed by atoms with E-state index in [4.69, 9.17) is 9.47 Å². The van der Waals surface area contributed by atoms with E-state index in [1.54, 1.807) is 0 Å². The Morgan fingerprint density at radius 2 is 2.08 bits per heavy atom. The van der Waals surface area contributed by atoms with Crippen molar-refractivity contribution in [1.29, 1.82) is 0 Å². The van der Waals surface area contributed by atoms with Gasteiger partial charge in [0.2, 0.25) is 6.29 Å². The van der Waals surface area contributed by atoms with Crippen molar-refractivity contribution in [3.63, 3.8) is 0 Å². The molecule has 68 valence electrons. The molecular weight excluding hydrogens is 168 g/mol. The molecule has 1 heterocycles. The predicted octanol–water partition coefficient (Wildman–Crippen LogP) is 1.13. The van der Waals surface area contributed by atoms with Gasteiger partial charge in [-0.2, -0.15) is 0 Å². The third-order valence-corrected chi connectivity index (χ3v) is 1.90. The Balaban J connectivity index is 1.96. The molecule has 3 nitrogen and oxygen atoms in total. The molecule has 1 aromatic rings. The smallest absolute Gasteiger partial charge is 0.334 e. The van der Waals surface area contributed by atoms with Gasteiger partial charge < -0.3 is 9.47 Å². The number of benzene rings is 1. The number of cyclic esters (lactones) is 1. The Morgan fingerprint density at radius 1 is 1.31 bits per heavy atom. The van der Waals surface area contributed by atoms with Gasteiger partial charge >= 0.3 is 5.97 Å². The van der Waals surface area contributed by atoms with E-state index in [1.807, 2.05) is 30.3 Å². The van der Waals surface area contributed by atoms with Crippen LogP contribution < -0.4 is 0 Å². The van der Waals surface area contributed by atoms with E-state index in [-0.39, 0.29) is 12.6 Å². The van der Waals surface area contributed by atoms with Crippen LogP contribution in [0.2, 0.25) is 0 Å². The van der Waals surface area contributed by atoms with Crippen molar-refractivity contribution in [3.8, 4) is 0 Å². The van der Waals surface area contributed by atoms with Crippen LogP contribution in [0, 0.1) is 0 Å². The van der Waals surface area contributed by atoms with E-state index in [0.717, 1.165) is 5.56 Å². The highest BCUT2D eigenvalue weighted by Gasteiger charge is 2.23. The predicted molar refractivity (Wildman–Crippen MR) is 46.0 cm³/mol. The van der Waals surface area contributed by atoms with Gasteiger partial charge in [0, 0.05) is 6.42 Å². The number of rotatable bonds is 2.